The molecule has 0 fully saturated rings. The van der Waals surface area contributed by atoms with Crippen LogP contribution in [0.4, 0.5) is 0 Å². The van der Waals surface area contributed by atoms with Gasteiger partial charge in [0.25, 0.3) is 5.24 Å². The summed E-state index contributed by atoms with van der Waals surface area (Å²) < 4.78 is 5.12. The molecule has 1 aromatic rings. The lowest BCUT2D eigenvalue weighted by Gasteiger charge is -2.11. The third-order valence-corrected chi connectivity index (χ3v) is 2.75. The number of carbonyl (C=O) groups excluding carboxylic acids is 2. The second-order valence-electron chi connectivity index (χ2n) is 4.62. The molecule has 1 rings (SSSR count). The number of halogens is 1. The summed E-state index contributed by atoms with van der Waals surface area (Å²) in [6.07, 6.45) is 1.70. The summed E-state index contributed by atoms with van der Waals surface area (Å²) in [5, 5.41) is -0.504. The molecule has 0 aliphatic rings. The molecular formula is C14H17ClO3. The lowest BCUT2D eigenvalue weighted by Crippen LogP contribution is -2.06. The van der Waals surface area contributed by atoms with E-state index in [9.17, 15) is 9.59 Å². The number of rotatable bonds is 5. The van der Waals surface area contributed by atoms with Crippen molar-refractivity contribution in [3.05, 3.63) is 29.3 Å². The standard InChI is InChI=1S/C14H17ClO3/c1-9(2)4-5-11-8-12(14(15)17)6-7-13(11)18-10(3)16/h6-9H,4-5H2,1-3H3. The first-order chi connectivity index (χ1) is 8.40. The molecule has 0 unspecified atom stereocenters. The van der Waals surface area contributed by atoms with Crippen LogP contribution >= 0.6 is 11.6 Å². The molecule has 0 aromatic heterocycles. The highest BCUT2D eigenvalue weighted by Crippen LogP contribution is 2.24. The molecule has 0 N–H and O–H groups in total. The van der Waals surface area contributed by atoms with Gasteiger partial charge in [0.2, 0.25) is 0 Å². The minimum atomic E-state index is -0.504. The number of hydrogen-bond acceptors (Lipinski definition) is 3. The van der Waals surface area contributed by atoms with Gasteiger partial charge in [0, 0.05) is 12.5 Å². The first-order valence-electron chi connectivity index (χ1n) is 5.91. The predicted octanol–water partition coefficient (Wildman–Crippen LogP) is 3.58. The Hall–Kier alpha value is -1.35. The first kappa shape index (κ1) is 14.7. The van der Waals surface area contributed by atoms with Crippen molar-refractivity contribution in [3.8, 4) is 5.75 Å². The number of aryl methyl sites for hydroxylation is 1. The van der Waals surface area contributed by atoms with E-state index in [0.29, 0.717) is 17.2 Å². The Morgan fingerprint density at radius 1 is 1.33 bits per heavy atom. The summed E-state index contributed by atoms with van der Waals surface area (Å²) in [6, 6.07) is 4.87. The maximum Gasteiger partial charge on any atom is 0.308 e. The van der Waals surface area contributed by atoms with E-state index in [0.717, 1.165) is 18.4 Å². The largest absolute Gasteiger partial charge is 0.426 e. The molecule has 0 atom stereocenters. The summed E-state index contributed by atoms with van der Waals surface area (Å²) in [5.41, 5.74) is 1.26. The average Bonchev–Trinajstić information content (AvgIpc) is 2.26. The van der Waals surface area contributed by atoms with Gasteiger partial charge in [-0.05, 0) is 54.1 Å². The second kappa shape index (κ2) is 6.55. The van der Waals surface area contributed by atoms with Crippen LogP contribution in [0.1, 0.15) is 43.1 Å². The van der Waals surface area contributed by atoms with E-state index < -0.39 is 5.24 Å². The first-order valence-corrected chi connectivity index (χ1v) is 6.29. The Bertz CT molecular complexity index is 452. The van der Waals surface area contributed by atoms with Crippen molar-refractivity contribution >= 4 is 22.8 Å². The van der Waals surface area contributed by atoms with Crippen molar-refractivity contribution < 1.29 is 14.3 Å². The summed E-state index contributed by atoms with van der Waals surface area (Å²) in [4.78, 5) is 22.1. The van der Waals surface area contributed by atoms with E-state index in [2.05, 4.69) is 13.8 Å². The van der Waals surface area contributed by atoms with Gasteiger partial charge in [-0.15, -0.1) is 0 Å². The Morgan fingerprint density at radius 3 is 2.50 bits per heavy atom. The fraction of sp³-hybridized carbons (Fsp3) is 0.429. The molecular weight excluding hydrogens is 252 g/mol. The molecule has 0 aliphatic heterocycles. The predicted molar refractivity (Wildman–Crippen MR) is 71.1 cm³/mol. The quantitative estimate of drug-likeness (QED) is 0.466. The van der Waals surface area contributed by atoms with Gasteiger partial charge in [0.1, 0.15) is 5.75 Å². The van der Waals surface area contributed by atoms with Gasteiger partial charge in [0.05, 0.1) is 0 Å². The Kier molecular flexibility index (Phi) is 5.35. The van der Waals surface area contributed by atoms with Crippen LogP contribution in [0.25, 0.3) is 0 Å². The van der Waals surface area contributed by atoms with Crippen LogP contribution in [0, 0.1) is 5.92 Å². The topological polar surface area (TPSA) is 43.4 Å². The lowest BCUT2D eigenvalue weighted by atomic mass is 10.0. The molecule has 0 aliphatic carbocycles. The maximum atomic E-state index is 11.1. The minimum absolute atomic E-state index is 0.370. The van der Waals surface area contributed by atoms with Gasteiger partial charge in [-0.3, -0.25) is 9.59 Å². The van der Waals surface area contributed by atoms with Crippen LogP contribution in [0.2, 0.25) is 0 Å². The van der Waals surface area contributed by atoms with Crippen molar-refractivity contribution in [2.75, 3.05) is 0 Å². The molecule has 0 amide bonds. The van der Waals surface area contributed by atoms with Gasteiger partial charge in [-0.2, -0.15) is 0 Å². The smallest absolute Gasteiger partial charge is 0.308 e. The van der Waals surface area contributed by atoms with Gasteiger partial charge in [-0.1, -0.05) is 13.8 Å². The Labute approximate surface area is 112 Å². The van der Waals surface area contributed by atoms with E-state index in [1.807, 2.05) is 0 Å². The molecule has 18 heavy (non-hydrogen) atoms. The minimum Gasteiger partial charge on any atom is -0.426 e. The zero-order chi connectivity index (χ0) is 13.7. The van der Waals surface area contributed by atoms with Crippen LogP contribution in [0.15, 0.2) is 18.2 Å². The molecule has 4 heteroatoms. The van der Waals surface area contributed by atoms with Crippen molar-refractivity contribution in [1.29, 1.82) is 0 Å². The fourth-order valence-electron chi connectivity index (χ4n) is 1.60. The molecule has 0 saturated carbocycles. The van der Waals surface area contributed by atoms with E-state index in [-0.39, 0.29) is 5.97 Å². The molecule has 0 bridgehead atoms. The van der Waals surface area contributed by atoms with Gasteiger partial charge < -0.3 is 4.74 Å². The summed E-state index contributed by atoms with van der Waals surface area (Å²) in [5.74, 6) is 0.668. The van der Waals surface area contributed by atoms with Crippen LogP contribution in [-0.4, -0.2) is 11.2 Å². The van der Waals surface area contributed by atoms with Crippen molar-refractivity contribution in [2.24, 2.45) is 5.92 Å². The molecule has 0 radical (unpaired) electrons. The zero-order valence-corrected chi connectivity index (χ0v) is 11.6. The highest BCUT2D eigenvalue weighted by Gasteiger charge is 2.11. The molecule has 0 heterocycles. The van der Waals surface area contributed by atoms with Gasteiger partial charge in [-0.25, -0.2) is 0 Å². The number of esters is 1. The zero-order valence-electron chi connectivity index (χ0n) is 10.8. The monoisotopic (exact) mass is 268 g/mol. The number of hydrogen-bond donors (Lipinski definition) is 0. The third kappa shape index (κ3) is 4.49. The molecule has 98 valence electrons. The van der Waals surface area contributed by atoms with Crippen LogP contribution in [0.3, 0.4) is 0 Å². The van der Waals surface area contributed by atoms with E-state index in [1.54, 1.807) is 18.2 Å². The van der Waals surface area contributed by atoms with Crippen molar-refractivity contribution in [1.82, 2.24) is 0 Å². The molecule has 0 saturated heterocycles. The summed E-state index contributed by atoms with van der Waals surface area (Å²) in [6.45, 7) is 5.58. The van der Waals surface area contributed by atoms with E-state index in [1.165, 1.54) is 6.92 Å². The maximum absolute atomic E-state index is 11.1. The summed E-state index contributed by atoms with van der Waals surface area (Å²) >= 11 is 5.45. The highest BCUT2D eigenvalue weighted by atomic mass is 35.5. The van der Waals surface area contributed by atoms with Gasteiger partial charge in [0.15, 0.2) is 0 Å². The molecule has 3 nitrogen and oxygen atoms in total. The van der Waals surface area contributed by atoms with Crippen LogP contribution in [0.5, 0.6) is 5.75 Å². The lowest BCUT2D eigenvalue weighted by molar-refractivity contribution is -0.131. The molecule has 0 spiro atoms. The Balaban J connectivity index is 3.01. The van der Waals surface area contributed by atoms with Crippen molar-refractivity contribution in [2.45, 2.75) is 33.6 Å². The van der Waals surface area contributed by atoms with Crippen LogP contribution < -0.4 is 4.74 Å². The average molecular weight is 269 g/mol. The normalized spacial score (nSPS) is 10.5. The summed E-state index contributed by atoms with van der Waals surface area (Å²) in [7, 11) is 0. The van der Waals surface area contributed by atoms with Crippen molar-refractivity contribution in [3.63, 3.8) is 0 Å². The second-order valence-corrected chi connectivity index (χ2v) is 4.97. The van der Waals surface area contributed by atoms with E-state index in [4.69, 9.17) is 16.3 Å². The number of ether oxygens (including phenoxy) is 1. The number of benzene rings is 1. The van der Waals surface area contributed by atoms with E-state index >= 15 is 0 Å². The fourth-order valence-corrected chi connectivity index (χ4v) is 1.71. The SMILES string of the molecule is CC(=O)Oc1ccc(C(=O)Cl)cc1CCC(C)C. The third-order valence-electron chi connectivity index (χ3n) is 2.53. The highest BCUT2D eigenvalue weighted by molar-refractivity contribution is 6.67. The van der Waals surface area contributed by atoms with Crippen LogP contribution in [-0.2, 0) is 11.2 Å². The number of carbonyl (C=O) groups is 2. The van der Waals surface area contributed by atoms with Gasteiger partial charge >= 0.3 is 5.97 Å². The Morgan fingerprint density at radius 2 is 2.00 bits per heavy atom. The molecule has 1 aromatic carbocycles.